The van der Waals surface area contributed by atoms with E-state index in [1.807, 2.05) is 12.1 Å². The smallest absolute Gasteiger partial charge is 0.342 e. The maximum atomic E-state index is 13.2. The third kappa shape index (κ3) is 4.23. The summed E-state index contributed by atoms with van der Waals surface area (Å²) in [6, 6.07) is 11.1. The molecule has 0 atom stereocenters. The van der Waals surface area contributed by atoms with Crippen molar-refractivity contribution in [2.75, 3.05) is 6.26 Å². The van der Waals surface area contributed by atoms with Crippen molar-refractivity contribution in [3.05, 3.63) is 65.5 Å². The summed E-state index contributed by atoms with van der Waals surface area (Å²) in [6.45, 7) is 0.340. The summed E-state index contributed by atoms with van der Waals surface area (Å²) in [5.74, 6) is 2.50. The molecule has 2 aromatic heterocycles. The third-order valence-corrected chi connectivity index (χ3v) is 4.74. The molecule has 0 saturated carbocycles. The van der Waals surface area contributed by atoms with Crippen LogP contribution in [0.4, 0.5) is 13.2 Å². The highest BCUT2D eigenvalue weighted by atomic mass is 32.2. The van der Waals surface area contributed by atoms with Crippen molar-refractivity contribution >= 4 is 9.84 Å². The van der Waals surface area contributed by atoms with Crippen molar-refractivity contribution in [3.63, 3.8) is 0 Å². The molecule has 0 fully saturated rings. The van der Waals surface area contributed by atoms with E-state index in [1.54, 1.807) is 35.0 Å². The minimum absolute atomic E-state index is 0.131. The number of hydrogen-bond acceptors (Lipinski definition) is 4. The van der Waals surface area contributed by atoms with Crippen LogP contribution in [0, 0.1) is 12.3 Å². The van der Waals surface area contributed by atoms with Crippen LogP contribution in [0.2, 0.25) is 0 Å². The number of alkyl halides is 3. The Morgan fingerprint density at radius 1 is 1.14 bits per heavy atom. The van der Waals surface area contributed by atoms with Gasteiger partial charge in [-0.1, -0.05) is 18.1 Å². The van der Waals surface area contributed by atoms with E-state index in [1.165, 1.54) is 0 Å². The molecule has 9 heteroatoms. The number of hydrogen-bond donors (Lipinski definition) is 0. The first-order chi connectivity index (χ1) is 13.1. The lowest BCUT2D eigenvalue weighted by atomic mass is 10.1. The average Bonchev–Trinajstić information content (AvgIpc) is 3.08. The molecule has 2 heterocycles. The predicted molar refractivity (Wildman–Crippen MR) is 97.0 cm³/mol. The van der Waals surface area contributed by atoms with E-state index in [0.717, 1.165) is 17.9 Å². The van der Waals surface area contributed by atoms with Crippen LogP contribution in [-0.4, -0.2) is 29.2 Å². The molecule has 3 aromatic rings. The van der Waals surface area contributed by atoms with Gasteiger partial charge in [0, 0.05) is 24.6 Å². The van der Waals surface area contributed by atoms with E-state index in [9.17, 15) is 21.6 Å². The molecule has 28 heavy (non-hydrogen) atoms. The highest BCUT2D eigenvalue weighted by Gasteiger charge is 2.35. The van der Waals surface area contributed by atoms with Gasteiger partial charge in [-0.05, 0) is 35.9 Å². The second kappa shape index (κ2) is 7.13. The monoisotopic (exact) mass is 405 g/mol. The lowest BCUT2D eigenvalue weighted by Gasteiger charge is -2.12. The van der Waals surface area contributed by atoms with Gasteiger partial charge in [0.2, 0.25) is 15.0 Å². The van der Waals surface area contributed by atoms with E-state index < -0.39 is 26.9 Å². The SMILES string of the molecule is C#Cc1ccc(Cn2cccc2-c2cc(C(F)(F)F)nc(S(C)(=O)=O)n2)cc1. The maximum Gasteiger partial charge on any atom is 0.433 e. The van der Waals surface area contributed by atoms with Crippen LogP contribution in [-0.2, 0) is 22.6 Å². The normalized spacial score (nSPS) is 12.0. The Balaban J connectivity index is 2.07. The van der Waals surface area contributed by atoms with Crippen molar-refractivity contribution < 1.29 is 21.6 Å². The minimum Gasteiger partial charge on any atom is -0.342 e. The van der Waals surface area contributed by atoms with Crippen molar-refractivity contribution in [1.82, 2.24) is 14.5 Å². The Kier molecular flexibility index (Phi) is 5.00. The van der Waals surface area contributed by atoms with Crippen molar-refractivity contribution in [2.45, 2.75) is 17.9 Å². The molecule has 1 aromatic carbocycles. The number of benzene rings is 1. The molecule has 0 bridgehead atoms. The molecule has 0 saturated heterocycles. The molecule has 0 radical (unpaired) electrons. The molecule has 0 unspecified atom stereocenters. The number of sulfone groups is 1. The minimum atomic E-state index is -4.81. The number of aromatic nitrogens is 3. The molecule has 0 N–H and O–H groups in total. The first kappa shape index (κ1) is 19.6. The summed E-state index contributed by atoms with van der Waals surface area (Å²) in [5.41, 5.74) is 0.459. The van der Waals surface area contributed by atoms with Gasteiger partial charge < -0.3 is 4.57 Å². The van der Waals surface area contributed by atoms with Crippen LogP contribution < -0.4 is 0 Å². The zero-order valence-electron chi connectivity index (χ0n) is 14.6. The zero-order chi connectivity index (χ0) is 20.5. The average molecular weight is 405 g/mol. The second-order valence-electron chi connectivity index (χ2n) is 6.05. The molecule has 0 amide bonds. The van der Waals surface area contributed by atoms with Gasteiger partial charge in [-0.25, -0.2) is 18.4 Å². The molecule has 0 aliphatic heterocycles. The van der Waals surface area contributed by atoms with Gasteiger partial charge in [0.1, 0.15) is 5.69 Å². The quantitative estimate of drug-likeness (QED) is 0.493. The highest BCUT2D eigenvalue weighted by Crippen LogP contribution is 2.31. The van der Waals surface area contributed by atoms with Crippen LogP contribution in [0.1, 0.15) is 16.8 Å². The van der Waals surface area contributed by atoms with Gasteiger partial charge in [0.25, 0.3) is 0 Å². The van der Waals surface area contributed by atoms with Gasteiger partial charge in [-0.15, -0.1) is 6.42 Å². The van der Waals surface area contributed by atoms with Crippen molar-refractivity contribution in [1.29, 1.82) is 0 Å². The summed E-state index contributed by atoms with van der Waals surface area (Å²) < 4.78 is 64.7. The topological polar surface area (TPSA) is 64.8 Å². The van der Waals surface area contributed by atoms with Crippen LogP contribution in [0.15, 0.2) is 53.8 Å². The lowest BCUT2D eigenvalue weighted by molar-refractivity contribution is -0.141. The second-order valence-corrected chi connectivity index (χ2v) is 7.96. The first-order valence-electron chi connectivity index (χ1n) is 7.95. The van der Waals surface area contributed by atoms with Gasteiger partial charge >= 0.3 is 6.18 Å². The Morgan fingerprint density at radius 2 is 1.82 bits per heavy atom. The highest BCUT2D eigenvalue weighted by molar-refractivity contribution is 7.90. The summed E-state index contributed by atoms with van der Waals surface area (Å²) in [4.78, 5) is 7.01. The Hall–Kier alpha value is -3.12. The number of nitrogens with zero attached hydrogens (tertiary/aromatic N) is 3. The van der Waals surface area contributed by atoms with Crippen molar-refractivity contribution in [3.8, 4) is 23.7 Å². The van der Waals surface area contributed by atoms with Crippen LogP contribution in [0.5, 0.6) is 0 Å². The molecule has 5 nitrogen and oxygen atoms in total. The molecular weight excluding hydrogens is 391 g/mol. The molecule has 0 aliphatic rings. The van der Waals surface area contributed by atoms with Gasteiger partial charge in [0.15, 0.2) is 0 Å². The van der Waals surface area contributed by atoms with E-state index in [-0.39, 0.29) is 5.69 Å². The summed E-state index contributed by atoms with van der Waals surface area (Å²) in [7, 11) is -4.03. The van der Waals surface area contributed by atoms with Gasteiger partial charge in [-0.2, -0.15) is 13.2 Å². The fourth-order valence-corrected chi connectivity index (χ4v) is 3.08. The number of halogens is 3. The van der Waals surface area contributed by atoms with Gasteiger partial charge in [-0.3, -0.25) is 0 Å². The van der Waals surface area contributed by atoms with Crippen LogP contribution >= 0.6 is 0 Å². The Bertz CT molecular complexity index is 1160. The standard InChI is InChI=1S/C19H14F3N3O2S/c1-3-13-6-8-14(9-7-13)12-25-10-4-5-16(25)15-11-17(19(20,21)22)24-18(23-15)28(2,26)27/h1,4-11H,12H2,2H3. The van der Waals surface area contributed by atoms with Crippen LogP contribution in [0.3, 0.4) is 0 Å². The third-order valence-electron chi connectivity index (χ3n) is 3.89. The number of rotatable bonds is 4. The fourth-order valence-electron chi connectivity index (χ4n) is 2.55. The molecule has 0 spiro atoms. The zero-order valence-corrected chi connectivity index (χ0v) is 15.4. The fraction of sp³-hybridized carbons (Fsp3) is 0.158. The summed E-state index contributed by atoms with van der Waals surface area (Å²) in [5, 5.41) is -0.872. The van der Waals surface area contributed by atoms with E-state index >= 15 is 0 Å². The predicted octanol–water partition coefficient (Wildman–Crippen LogP) is 3.40. The summed E-state index contributed by atoms with van der Waals surface area (Å²) >= 11 is 0. The largest absolute Gasteiger partial charge is 0.433 e. The van der Waals surface area contributed by atoms with E-state index in [4.69, 9.17) is 6.42 Å². The lowest BCUT2D eigenvalue weighted by Crippen LogP contribution is -2.14. The molecular formula is C19H14F3N3O2S. The summed E-state index contributed by atoms with van der Waals surface area (Å²) in [6.07, 6.45) is 2.95. The van der Waals surface area contributed by atoms with E-state index in [2.05, 4.69) is 15.9 Å². The maximum absolute atomic E-state index is 13.2. The molecule has 3 rings (SSSR count). The molecule has 0 aliphatic carbocycles. The Labute approximate surface area is 159 Å². The molecule has 144 valence electrons. The van der Waals surface area contributed by atoms with Gasteiger partial charge in [0.05, 0.1) is 11.4 Å². The first-order valence-corrected chi connectivity index (χ1v) is 9.84. The van der Waals surface area contributed by atoms with Crippen LogP contribution in [0.25, 0.3) is 11.4 Å². The van der Waals surface area contributed by atoms with Crippen molar-refractivity contribution in [2.24, 2.45) is 0 Å². The Morgan fingerprint density at radius 3 is 2.39 bits per heavy atom. The number of terminal acetylenes is 1. The van der Waals surface area contributed by atoms with E-state index in [0.29, 0.717) is 17.8 Å².